The van der Waals surface area contributed by atoms with Crippen molar-refractivity contribution in [3.05, 3.63) is 69.6 Å². The van der Waals surface area contributed by atoms with Crippen LogP contribution in [0.25, 0.3) is 5.82 Å². The number of rotatable bonds is 7. The van der Waals surface area contributed by atoms with Crippen molar-refractivity contribution >= 4 is 41.1 Å². The first-order valence-corrected chi connectivity index (χ1v) is 12.6. The zero-order valence-corrected chi connectivity index (χ0v) is 23.2. The number of carbonyl (C=O) groups excluding carboxylic acids is 3. The van der Waals surface area contributed by atoms with Crippen LogP contribution in [-0.2, 0) is 16.1 Å². The standard InChI is InChI=1S/C23H22Cl2F2N10O4/c1-11-7-12(24)8-14(21(38)32-35(2)23(40)41-3)17(11)29-22(39)16-9-13(10-36-20(18(26)27)30-33-34-36)31-37(16)19-15(25)5-4-6-28-19/h4-7,9,12,18H,8,10H2,1-3H3,(H,29,39)(H,32,38). The van der Waals surface area contributed by atoms with Gasteiger partial charge < -0.3 is 10.1 Å². The maximum Gasteiger partial charge on any atom is 0.428 e. The van der Waals surface area contributed by atoms with Gasteiger partial charge in [0.05, 0.1) is 35.4 Å². The first-order chi connectivity index (χ1) is 19.5. The largest absolute Gasteiger partial charge is 0.452 e. The molecule has 0 fully saturated rings. The number of allylic oxidation sites excluding steroid dienone is 2. The number of hydrogen-bond acceptors (Lipinski definition) is 9. The third-order valence-electron chi connectivity index (χ3n) is 5.76. The fourth-order valence-corrected chi connectivity index (χ4v) is 4.45. The van der Waals surface area contributed by atoms with Crippen LogP contribution in [0.2, 0.25) is 5.02 Å². The van der Waals surface area contributed by atoms with E-state index in [9.17, 15) is 23.2 Å². The van der Waals surface area contributed by atoms with Gasteiger partial charge in [0, 0.05) is 18.8 Å². The lowest BCUT2D eigenvalue weighted by molar-refractivity contribution is -0.121. The number of hydrogen-bond donors (Lipinski definition) is 2. The first-order valence-electron chi connectivity index (χ1n) is 11.7. The molecule has 1 aliphatic carbocycles. The van der Waals surface area contributed by atoms with Gasteiger partial charge in [0.1, 0.15) is 5.69 Å². The minimum Gasteiger partial charge on any atom is -0.452 e. The summed E-state index contributed by atoms with van der Waals surface area (Å²) < 4.78 is 33.2. The zero-order valence-electron chi connectivity index (χ0n) is 21.7. The molecule has 0 spiro atoms. The Kier molecular flexibility index (Phi) is 8.92. The first kappa shape index (κ1) is 29.5. The molecule has 41 heavy (non-hydrogen) atoms. The van der Waals surface area contributed by atoms with E-state index < -0.39 is 35.5 Å². The summed E-state index contributed by atoms with van der Waals surface area (Å²) in [6, 6.07) is 4.43. The molecule has 3 aromatic heterocycles. The third-order valence-corrected chi connectivity index (χ3v) is 6.33. The molecule has 0 aromatic carbocycles. The minimum absolute atomic E-state index is 0.0294. The van der Waals surface area contributed by atoms with Gasteiger partial charge >= 0.3 is 6.09 Å². The van der Waals surface area contributed by atoms with Gasteiger partial charge in [-0.3, -0.25) is 15.0 Å². The van der Waals surface area contributed by atoms with Gasteiger partial charge in [-0.05, 0) is 47.5 Å². The number of alkyl halides is 3. The van der Waals surface area contributed by atoms with Gasteiger partial charge in [-0.1, -0.05) is 17.7 Å². The summed E-state index contributed by atoms with van der Waals surface area (Å²) in [5, 5.41) is 17.6. The summed E-state index contributed by atoms with van der Waals surface area (Å²) in [4.78, 5) is 42.7. The van der Waals surface area contributed by atoms with E-state index in [1.54, 1.807) is 19.1 Å². The topological polar surface area (TPSA) is 162 Å². The van der Waals surface area contributed by atoms with Crippen LogP contribution >= 0.6 is 23.2 Å². The molecule has 1 atom stereocenters. The predicted molar refractivity (Wildman–Crippen MR) is 139 cm³/mol. The van der Waals surface area contributed by atoms with Crippen LogP contribution in [0.1, 0.15) is 41.8 Å². The second-order valence-electron chi connectivity index (χ2n) is 8.58. The van der Waals surface area contributed by atoms with Crippen molar-refractivity contribution in [3.63, 3.8) is 0 Å². The number of amides is 3. The summed E-state index contributed by atoms with van der Waals surface area (Å²) in [5.41, 5.74) is 3.12. The number of nitrogens with zero attached hydrogens (tertiary/aromatic N) is 8. The summed E-state index contributed by atoms with van der Waals surface area (Å²) in [6.07, 6.45) is -0.655. The SMILES string of the molecule is COC(=O)N(C)NC(=O)C1=C(NC(=O)c2cc(Cn3nnnc3C(F)F)nn2-c2ncccc2Cl)C(C)=CC(Cl)C1. The molecule has 0 saturated carbocycles. The Hall–Kier alpha value is -4.44. The van der Waals surface area contributed by atoms with Crippen molar-refractivity contribution in [1.82, 2.24) is 50.7 Å². The molecule has 0 bridgehead atoms. The van der Waals surface area contributed by atoms with Crippen LogP contribution in [0, 0.1) is 0 Å². The van der Waals surface area contributed by atoms with Crippen LogP contribution in [0.3, 0.4) is 0 Å². The van der Waals surface area contributed by atoms with E-state index in [4.69, 9.17) is 23.2 Å². The molecule has 3 aromatic rings. The van der Waals surface area contributed by atoms with Gasteiger partial charge in [-0.25, -0.2) is 32.9 Å². The molecule has 0 radical (unpaired) electrons. The molecule has 14 nitrogen and oxygen atoms in total. The molecule has 3 heterocycles. The number of ether oxygens (including phenoxy) is 1. The van der Waals surface area contributed by atoms with Crippen LogP contribution in [0.15, 0.2) is 47.3 Å². The highest BCUT2D eigenvalue weighted by Gasteiger charge is 2.29. The van der Waals surface area contributed by atoms with Crippen LogP contribution < -0.4 is 10.7 Å². The lowest BCUT2D eigenvalue weighted by Crippen LogP contribution is -2.45. The highest BCUT2D eigenvalue weighted by Crippen LogP contribution is 2.28. The molecule has 0 saturated heterocycles. The molecule has 18 heteroatoms. The lowest BCUT2D eigenvalue weighted by atomic mass is 9.95. The van der Waals surface area contributed by atoms with Gasteiger partial charge in [0.2, 0.25) is 5.82 Å². The molecular formula is C23H22Cl2F2N10O4. The quantitative estimate of drug-likeness (QED) is 0.302. The van der Waals surface area contributed by atoms with Gasteiger partial charge in [0.15, 0.2) is 5.82 Å². The fraction of sp³-hybridized carbons (Fsp3) is 0.304. The third kappa shape index (κ3) is 6.49. The lowest BCUT2D eigenvalue weighted by Gasteiger charge is -2.24. The van der Waals surface area contributed by atoms with E-state index >= 15 is 0 Å². The number of carbonyl (C=O) groups is 3. The van der Waals surface area contributed by atoms with E-state index in [1.807, 2.05) is 0 Å². The Balaban J connectivity index is 1.72. The summed E-state index contributed by atoms with van der Waals surface area (Å²) >= 11 is 12.6. The van der Waals surface area contributed by atoms with E-state index in [1.165, 1.54) is 25.4 Å². The summed E-state index contributed by atoms with van der Waals surface area (Å²) in [6.45, 7) is 1.34. The van der Waals surface area contributed by atoms with E-state index in [0.717, 1.165) is 21.5 Å². The van der Waals surface area contributed by atoms with E-state index in [0.29, 0.717) is 5.57 Å². The van der Waals surface area contributed by atoms with Crippen LogP contribution in [-0.4, -0.2) is 77.4 Å². The van der Waals surface area contributed by atoms with Crippen molar-refractivity contribution in [3.8, 4) is 5.82 Å². The summed E-state index contributed by atoms with van der Waals surface area (Å²) in [5.74, 6) is -2.04. The van der Waals surface area contributed by atoms with Gasteiger partial charge in [-0.2, -0.15) is 5.10 Å². The molecular weight excluding hydrogens is 589 g/mol. The van der Waals surface area contributed by atoms with Gasteiger partial charge in [-0.15, -0.1) is 16.7 Å². The number of hydrazine groups is 1. The normalized spacial score (nSPS) is 15.0. The molecule has 4 rings (SSSR count). The highest BCUT2D eigenvalue weighted by atomic mass is 35.5. The molecule has 3 amide bonds. The molecule has 216 valence electrons. The van der Waals surface area contributed by atoms with E-state index in [-0.39, 0.29) is 46.5 Å². The van der Waals surface area contributed by atoms with Gasteiger partial charge in [0.25, 0.3) is 18.2 Å². The monoisotopic (exact) mass is 610 g/mol. The predicted octanol–water partition coefficient (Wildman–Crippen LogP) is 2.56. The zero-order chi connectivity index (χ0) is 29.8. The van der Waals surface area contributed by atoms with Crippen molar-refractivity contribution in [2.75, 3.05) is 14.2 Å². The maximum atomic E-state index is 13.7. The second-order valence-corrected chi connectivity index (χ2v) is 9.55. The number of aromatic nitrogens is 7. The molecule has 2 N–H and O–H groups in total. The Morgan fingerprint density at radius 1 is 1.29 bits per heavy atom. The molecule has 1 unspecified atom stereocenters. The number of halogens is 4. The Morgan fingerprint density at radius 3 is 2.73 bits per heavy atom. The average Bonchev–Trinajstić information content (AvgIpc) is 3.57. The molecule has 0 aliphatic heterocycles. The Labute approximate surface area is 240 Å². The van der Waals surface area contributed by atoms with Crippen molar-refractivity contribution in [2.45, 2.75) is 31.7 Å². The van der Waals surface area contributed by atoms with Crippen molar-refractivity contribution in [2.24, 2.45) is 0 Å². The summed E-state index contributed by atoms with van der Waals surface area (Å²) in [7, 11) is 2.43. The average molecular weight is 611 g/mol. The number of pyridine rings is 1. The Morgan fingerprint density at radius 2 is 2.05 bits per heavy atom. The molecule has 1 aliphatic rings. The van der Waals surface area contributed by atoms with Crippen molar-refractivity contribution < 1.29 is 27.9 Å². The maximum absolute atomic E-state index is 13.7. The van der Waals surface area contributed by atoms with Crippen LogP contribution in [0.4, 0.5) is 13.6 Å². The fourth-order valence-electron chi connectivity index (χ4n) is 3.91. The van der Waals surface area contributed by atoms with Crippen LogP contribution in [0.5, 0.6) is 0 Å². The van der Waals surface area contributed by atoms with E-state index in [2.05, 4.69) is 41.1 Å². The minimum atomic E-state index is -2.94. The number of nitrogens with one attached hydrogen (secondary N) is 2. The number of tetrazole rings is 1. The second kappa shape index (κ2) is 12.4. The number of methoxy groups -OCH3 is 1. The Bertz CT molecular complexity index is 1550. The van der Waals surface area contributed by atoms with Crippen molar-refractivity contribution in [1.29, 1.82) is 0 Å². The highest BCUT2D eigenvalue weighted by molar-refractivity contribution is 6.32. The smallest absolute Gasteiger partial charge is 0.428 e.